The Bertz CT molecular complexity index is 1180. The molecule has 0 aliphatic carbocycles. The molecule has 33 heavy (non-hydrogen) atoms. The summed E-state index contributed by atoms with van der Waals surface area (Å²) in [6.45, 7) is 1.01. The van der Waals surface area contributed by atoms with Crippen LogP contribution in [0, 0.1) is 0 Å². The van der Waals surface area contributed by atoms with Crippen LogP contribution in [0.5, 0.6) is 11.5 Å². The number of benzene rings is 3. The lowest BCUT2D eigenvalue weighted by Gasteiger charge is -2.18. The average molecular weight is 465 g/mol. The Morgan fingerprint density at radius 3 is 2.39 bits per heavy atom. The van der Waals surface area contributed by atoms with E-state index in [1.54, 1.807) is 55.5 Å². The smallest absolute Gasteiger partial charge is 0.258 e. The van der Waals surface area contributed by atoms with Crippen molar-refractivity contribution in [1.82, 2.24) is 5.32 Å². The lowest BCUT2D eigenvalue weighted by molar-refractivity contribution is -0.120. The van der Waals surface area contributed by atoms with Gasteiger partial charge in [-0.25, -0.2) is 0 Å². The quantitative estimate of drug-likeness (QED) is 0.562. The zero-order valence-corrected chi connectivity index (χ0v) is 19.3. The Morgan fingerprint density at radius 1 is 0.939 bits per heavy atom. The van der Waals surface area contributed by atoms with Crippen LogP contribution in [-0.2, 0) is 24.2 Å². The molecule has 3 aromatic carbocycles. The van der Waals surface area contributed by atoms with Crippen molar-refractivity contribution in [2.24, 2.45) is 0 Å². The fourth-order valence-corrected chi connectivity index (χ4v) is 4.06. The van der Waals surface area contributed by atoms with E-state index in [2.05, 4.69) is 5.32 Å². The summed E-state index contributed by atoms with van der Waals surface area (Å²) in [6.07, 6.45) is 1.03. The molecule has 0 saturated carbocycles. The van der Waals surface area contributed by atoms with Gasteiger partial charge in [-0.1, -0.05) is 29.8 Å². The molecule has 170 valence electrons. The molecule has 7 heteroatoms. The highest BCUT2D eigenvalue weighted by Gasteiger charge is 2.25. The van der Waals surface area contributed by atoms with Crippen LogP contribution in [0.25, 0.3) is 0 Å². The van der Waals surface area contributed by atoms with Crippen LogP contribution in [-0.4, -0.2) is 32.6 Å². The summed E-state index contributed by atoms with van der Waals surface area (Å²) < 4.78 is 10.5. The van der Waals surface area contributed by atoms with Gasteiger partial charge >= 0.3 is 0 Å². The minimum atomic E-state index is -0.100. The molecular weight excluding hydrogens is 440 g/mol. The number of amides is 2. The van der Waals surface area contributed by atoms with E-state index < -0.39 is 0 Å². The van der Waals surface area contributed by atoms with Crippen LogP contribution in [0.3, 0.4) is 0 Å². The van der Waals surface area contributed by atoms with Crippen molar-refractivity contribution in [2.75, 3.05) is 25.7 Å². The van der Waals surface area contributed by atoms with E-state index in [-0.39, 0.29) is 18.2 Å². The van der Waals surface area contributed by atoms with Crippen molar-refractivity contribution in [3.05, 3.63) is 87.9 Å². The van der Waals surface area contributed by atoms with Crippen molar-refractivity contribution >= 4 is 29.1 Å². The zero-order valence-electron chi connectivity index (χ0n) is 18.6. The molecule has 0 atom stereocenters. The van der Waals surface area contributed by atoms with Crippen molar-refractivity contribution in [3.8, 4) is 11.5 Å². The third-order valence-corrected chi connectivity index (χ3v) is 5.94. The first-order chi connectivity index (χ1) is 16.0. The van der Waals surface area contributed by atoms with Crippen molar-refractivity contribution in [2.45, 2.75) is 19.4 Å². The van der Waals surface area contributed by atoms with Gasteiger partial charge in [0.2, 0.25) is 5.91 Å². The molecule has 0 spiro atoms. The number of nitrogens with one attached hydrogen (secondary N) is 1. The Kier molecular flexibility index (Phi) is 6.84. The molecule has 0 radical (unpaired) electrons. The number of carbonyl (C=O) groups is 2. The number of hydrogen-bond donors (Lipinski definition) is 1. The molecule has 0 bridgehead atoms. The number of hydrogen-bond acceptors (Lipinski definition) is 4. The van der Waals surface area contributed by atoms with E-state index in [0.717, 1.165) is 28.8 Å². The van der Waals surface area contributed by atoms with Gasteiger partial charge in [0.05, 0.1) is 20.6 Å². The normalized spacial score (nSPS) is 12.3. The topological polar surface area (TPSA) is 67.9 Å². The van der Waals surface area contributed by atoms with Gasteiger partial charge in [-0.05, 0) is 65.6 Å². The van der Waals surface area contributed by atoms with E-state index in [0.29, 0.717) is 35.2 Å². The van der Waals surface area contributed by atoms with Crippen LogP contribution in [0.15, 0.2) is 60.7 Å². The summed E-state index contributed by atoms with van der Waals surface area (Å²) in [7, 11) is 3.14. The number of halogens is 1. The summed E-state index contributed by atoms with van der Waals surface area (Å²) in [5.41, 5.74) is 4.38. The van der Waals surface area contributed by atoms with Gasteiger partial charge < -0.3 is 19.7 Å². The molecule has 1 aliphatic rings. The predicted molar refractivity (Wildman–Crippen MR) is 128 cm³/mol. The minimum absolute atomic E-state index is 0.0555. The number of nitrogens with zero attached hydrogens (tertiary/aromatic N) is 1. The van der Waals surface area contributed by atoms with Crippen LogP contribution >= 0.6 is 11.6 Å². The summed E-state index contributed by atoms with van der Waals surface area (Å²) >= 11 is 5.95. The molecule has 3 aromatic rings. The first-order valence-electron chi connectivity index (χ1n) is 10.7. The molecule has 0 fully saturated rings. The van der Waals surface area contributed by atoms with E-state index in [1.807, 2.05) is 24.3 Å². The second-order valence-corrected chi connectivity index (χ2v) is 8.26. The second-order valence-electron chi connectivity index (χ2n) is 7.82. The van der Waals surface area contributed by atoms with Gasteiger partial charge in [-0.3, -0.25) is 9.59 Å². The van der Waals surface area contributed by atoms with Crippen LogP contribution < -0.4 is 19.7 Å². The molecule has 1 aliphatic heterocycles. The molecule has 0 aromatic heterocycles. The van der Waals surface area contributed by atoms with Gasteiger partial charge in [0, 0.05) is 29.4 Å². The third kappa shape index (κ3) is 5.12. The van der Waals surface area contributed by atoms with E-state index in [4.69, 9.17) is 21.1 Å². The fourth-order valence-electron chi connectivity index (χ4n) is 3.93. The maximum absolute atomic E-state index is 13.0. The van der Waals surface area contributed by atoms with Crippen molar-refractivity contribution in [3.63, 3.8) is 0 Å². The predicted octanol–water partition coefficient (Wildman–Crippen LogP) is 4.42. The van der Waals surface area contributed by atoms with Crippen LogP contribution in [0.2, 0.25) is 5.02 Å². The van der Waals surface area contributed by atoms with Gasteiger partial charge in [-0.2, -0.15) is 0 Å². The van der Waals surface area contributed by atoms with Crippen LogP contribution in [0.1, 0.15) is 27.0 Å². The maximum Gasteiger partial charge on any atom is 0.258 e. The third-order valence-electron chi connectivity index (χ3n) is 5.68. The Hall–Kier alpha value is -3.51. The van der Waals surface area contributed by atoms with Gasteiger partial charge in [0.15, 0.2) is 11.5 Å². The van der Waals surface area contributed by atoms with Crippen molar-refractivity contribution < 1.29 is 19.1 Å². The monoisotopic (exact) mass is 464 g/mol. The van der Waals surface area contributed by atoms with Crippen LogP contribution in [0.4, 0.5) is 5.69 Å². The highest BCUT2D eigenvalue weighted by Crippen LogP contribution is 2.31. The highest BCUT2D eigenvalue weighted by atomic mass is 35.5. The summed E-state index contributed by atoms with van der Waals surface area (Å²) in [6, 6.07) is 18.3. The van der Waals surface area contributed by atoms with Gasteiger partial charge in [0.25, 0.3) is 5.91 Å². The van der Waals surface area contributed by atoms with E-state index in [9.17, 15) is 9.59 Å². The number of rotatable bonds is 7. The average Bonchev–Trinajstić information content (AvgIpc) is 3.26. The lowest BCUT2D eigenvalue weighted by Crippen LogP contribution is -2.29. The van der Waals surface area contributed by atoms with E-state index in [1.165, 1.54) is 0 Å². The number of anilines is 1. The lowest BCUT2D eigenvalue weighted by atomic mass is 10.1. The molecule has 6 nitrogen and oxygen atoms in total. The molecule has 0 saturated heterocycles. The molecule has 2 amide bonds. The Labute approximate surface area is 198 Å². The molecule has 4 rings (SSSR count). The summed E-state index contributed by atoms with van der Waals surface area (Å²) in [5.74, 6) is 1.06. The first-order valence-corrected chi connectivity index (χ1v) is 11.0. The van der Waals surface area contributed by atoms with Gasteiger partial charge in [0.1, 0.15) is 0 Å². The Balaban J connectivity index is 1.41. The molecule has 1 heterocycles. The van der Waals surface area contributed by atoms with E-state index >= 15 is 0 Å². The molecule has 0 unspecified atom stereocenters. The Morgan fingerprint density at radius 2 is 1.67 bits per heavy atom. The standard InChI is InChI=1S/C26H25ClN2O4/c1-32-23-10-4-17(14-24(23)33-2)15-25(30)28-16-18-3-5-19-11-12-29(22(19)13-18)26(31)20-6-8-21(27)9-7-20/h3-10,13-14H,11-12,15-16H2,1-2H3,(H,28,30). The van der Waals surface area contributed by atoms with Gasteiger partial charge in [-0.15, -0.1) is 0 Å². The summed E-state index contributed by atoms with van der Waals surface area (Å²) in [4.78, 5) is 27.3. The maximum atomic E-state index is 13.0. The highest BCUT2D eigenvalue weighted by molar-refractivity contribution is 6.30. The number of fused-ring (bicyclic) bond motifs is 1. The SMILES string of the molecule is COc1ccc(CC(=O)NCc2ccc3c(c2)N(C(=O)c2ccc(Cl)cc2)CC3)cc1OC. The number of carbonyl (C=O) groups excluding carboxylic acids is 2. The molecule has 1 N–H and O–H groups in total. The zero-order chi connectivity index (χ0) is 23.4. The fraction of sp³-hybridized carbons (Fsp3) is 0.231. The second kappa shape index (κ2) is 9.96. The minimum Gasteiger partial charge on any atom is -0.493 e. The number of methoxy groups -OCH3 is 2. The first kappa shape index (κ1) is 22.7. The largest absolute Gasteiger partial charge is 0.493 e. The molecular formula is C26H25ClN2O4. The number of ether oxygens (including phenoxy) is 2. The summed E-state index contributed by atoms with van der Waals surface area (Å²) in [5, 5.41) is 3.55. The van der Waals surface area contributed by atoms with Crippen molar-refractivity contribution in [1.29, 1.82) is 0 Å².